The van der Waals surface area contributed by atoms with Gasteiger partial charge in [-0.05, 0) is 33.6 Å². The van der Waals surface area contributed by atoms with Crippen LogP contribution in [0.25, 0.3) is 0 Å². The maximum absolute atomic E-state index is 12.5. The number of hydrogen-bond donors (Lipinski definition) is 1. The molecule has 0 aliphatic carbocycles. The van der Waals surface area contributed by atoms with Crippen LogP contribution in [0.2, 0.25) is 0 Å². The molecular formula is C17H16BrNO3S. The standard InChI is InChI=1S/C17H16BrNO3S/c18-15-7-6-12(23-15)8-16(20)19-9-13(14(10-19)17(21)22)11-4-2-1-3-5-11/h1-7,13-14H,8-10H2,(H,21,22)/t13-,14-/m1/s1. The Bertz CT molecular complexity index is 716. The summed E-state index contributed by atoms with van der Waals surface area (Å²) < 4.78 is 0.993. The van der Waals surface area contributed by atoms with Crippen LogP contribution in [0, 0.1) is 5.92 Å². The first kappa shape index (κ1) is 16.2. The molecule has 0 spiro atoms. The number of amides is 1. The third kappa shape index (κ3) is 3.64. The summed E-state index contributed by atoms with van der Waals surface area (Å²) in [7, 11) is 0. The molecule has 1 aliphatic rings. The number of aliphatic carboxylic acids is 1. The smallest absolute Gasteiger partial charge is 0.308 e. The van der Waals surface area contributed by atoms with E-state index < -0.39 is 11.9 Å². The van der Waals surface area contributed by atoms with Crippen LogP contribution in [0.3, 0.4) is 0 Å². The summed E-state index contributed by atoms with van der Waals surface area (Å²) in [6.07, 6.45) is 0.324. The molecule has 3 rings (SSSR count). The Morgan fingerprint density at radius 3 is 2.52 bits per heavy atom. The summed E-state index contributed by atoms with van der Waals surface area (Å²) in [5, 5.41) is 9.50. The molecule has 2 atom stereocenters. The summed E-state index contributed by atoms with van der Waals surface area (Å²) in [5.41, 5.74) is 0.981. The molecule has 1 aromatic heterocycles. The maximum atomic E-state index is 12.5. The van der Waals surface area contributed by atoms with Crippen LogP contribution in [0.15, 0.2) is 46.3 Å². The Morgan fingerprint density at radius 1 is 1.17 bits per heavy atom. The van der Waals surface area contributed by atoms with Crippen molar-refractivity contribution in [2.24, 2.45) is 5.92 Å². The Kier molecular flexibility index (Phi) is 4.82. The monoisotopic (exact) mass is 393 g/mol. The van der Waals surface area contributed by atoms with Gasteiger partial charge in [0, 0.05) is 23.9 Å². The average molecular weight is 394 g/mol. The fraction of sp³-hybridized carbons (Fsp3) is 0.294. The quantitative estimate of drug-likeness (QED) is 0.865. The minimum atomic E-state index is -0.840. The summed E-state index contributed by atoms with van der Waals surface area (Å²) in [6, 6.07) is 13.4. The minimum absolute atomic E-state index is 0.0102. The molecule has 1 amide bonds. The summed E-state index contributed by atoms with van der Waals surface area (Å²) >= 11 is 4.92. The van der Waals surface area contributed by atoms with Crippen LogP contribution in [0.4, 0.5) is 0 Å². The van der Waals surface area contributed by atoms with Gasteiger partial charge < -0.3 is 10.0 Å². The lowest BCUT2D eigenvalue weighted by Gasteiger charge is -2.16. The topological polar surface area (TPSA) is 57.6 Å². The van der Waals surface area contributed by atoms with Gasteiger partial charge in [-0.2, -0.15) is 0 Å². The van der Waals surface area contributed by atoms with Gasteiger partial charge in [-0.1, -0.05) is 30.3 Å². The first-order valence-corrected chi connectivity index (χ1v) is 8.95. The van der Waals surface area contributed by atoms with E-state index in [1.165, 1.54) is 11.3 Å². The summed E-state index contributed by atoms with van der Waals surface area (Å²) in [4.78, 5) is 26.7. The molecule has 6 heteroatoms. The van der Waals surface area contributed by atoms with Crippen molar-refractivity contribution in [2.75, 3.05) is 13.1 Å². The van der Waals surface area contributed by atoms with Crippen LogP contribution >= 0.6 is 27.3 Å². The molecular weight excluding hydrogens is 378 g/mol. The Labute approximate surface area is 146 Å². The van der Waals surface area contributed by atoms with Gasteiger partial charge in [-0.15, -0.1) is 11.3 Å². The van der Waals surface area contributed by atoms with Crippen molar-refractivity contribution in [1.29, 1.82) is 0 Å². The zero-order chi connectivity index (χ0) is 16.4. The molecule has 0 bridgehead atoms. The second-order valence-corrected chi connectivity index (χ2v) is 8.19. The number of carboxylic acids is 1. The maximum Gasteiger partial charge on any atom is 0.308 e. The number of nitrogens with zero attached hydrogens (tertiary/aromatic N) is 1. The second kappa shape index (κ2) is 6.84. The fourth-order valence-electron chi connectivity index (χ4n) is 3.00. The molecule has 23 heavy (non-hydrogen) atoms. The summed E-state index contributed by atoms with van der Waals surface area (Å²) in [5.74, 6) is -1.54. The van der Waals surface area contributed by atoms with Gasteiger partial charge in [0.1, 0.15) is 0 Å². The van der Waals surface area contributed by atoms with E-state index in [4.69, 9.17) is 0 Å². The number of carboxylic acid groups (broad SMARTS) is 1. The van der Waals surface area contributed by atoms with Crippen molar-refractivity contribution in [1.82, 2.24) is 4.90 Å². The zero-order valence-corrected chi connectivity index (χ0v) is 14.7. The first-order valence-electron chi connectivity index (χ1n) is 7.34. The number of likely N-dealkylation sites (tertiary alicyclic amines) is 1. The highest BCUT2D eigenvalue weighted by atomic mass is 79.9. The lowest BCUT2D eigenvalue weighted by atomic mass is 9.89. The lowest BCUT2D eigenvalue weighted by molar-refractivity contribution is -0.141. The van der Waals surface area contributed by atoms with Crippen molar-refractivity contribution >= 4 is 39.1 Å². The van der Waals surface area contributed by atoms with Gasteiger partial charge in [0.2, 0.25) is 5.91 Å². The van der Waals surface area contributed by atoms with Gasteiger partial charge in [-0.3, -0.25) is 9.59 Å². The average Bonchev–Trinajstić information content (AvgIpc) is 3.15. The molecule has 1 aliphatic heterocycles. The first-order chi connectivity index (χ1) is 11.0. The van der Waals surface area contributed by atoms with Gasteiger partial charge >= 0.3 is 5.97 Å². The highest BCUT2D eigenvalue weighted by Gasteiger charge is 2.40. The molecule has 120 valence electrons. The number of thiophene rings is 1. The normalized spacial score (nSPS) is 20.7. The minimum Gasteiger partial charge on any atom is -0.481 e. The number of halogens is 1. The van der Waals surface area contributed by atoms with Crippen LogP contribution in [-0.2, 0) is 16.0 Å². The molecule has 0 unspecified atom stereocenters. The fourth-order valence-corrected chi connectivity index (χ4v) is 4.48. The van der Waals surface area contributed by atoms with Gasteiger partial charge in [0.25, 0.3) is 0 Å². The van der Waals surface area contributed by atoms with Gasteiger partial charge in [0.15, 0.2) is 0 Å². The number of rotatable bonds is 4. The highest BCUT2D eigenvalue weighted by molar-refractivity contribution is 9.11. The number of carbonyl (C=O) groups is 2. The van der Waals surface area contributed by atoms with Crippen LogP contribution < -0.4 is 0 Å². The van der Waals surface area contributed by atoms with E-state index in [0.717, 1.165) is 14.2 Å². The van der Waals surface area contributed by atoms with Crippen molar-refractivity contribution in [3.8, 4) is 0 Å². The number of hydrogen-bond acceptors (Lipinski definition) is 3. The largest absolute Gasteiger partial charge is 0.481 e. The second-order valence-electron chi connectivity index (χ2n) is 5.64. The van der Waals surface area contributed by atoms with E-state index in [1.54, 1.807) is 4.90 Å². The molecule has 4 nitrogen and oxygen atoms in total. The molecule has 1 saturated heterocycles. The van der Waals surface area contributed by atoms with Crippen LogP contribution in [0.5, 0.6) is 0 Å². The Balaban J connectivity index is 1.74. The predicted molar refractivity (Wildman–Crippen MR) is 92.6 cm³/mol. The van der Waals surface area contributed by atoms with Crippen LogP contribution in [-0.4, -0.2) is 35.0 Å². The van der Waals surface area contributed by atoms with Crippen molar-refractivity contribution in [3.63, 3.8) is 0 Å². The molecule has 0 saturated carbocycles. The van der Waals surface area contributed by atoms with E-state index >= 15 is 0 Å². The molecule has 2 heterocycles. The molecule has 1 N–H and O–H groups in total. The van der Waals surface area contributed by atoms with E-state index in [2.05, 4.69) is 15.9 Å². The third-order valence-electron chi connectivity index (χ3n) is 4.17. The lowest BCUT2D eigenvalue weighted by Crippen LogP contribution is -2.31. The zero-order valence-electron chi connectivity index (χ0n) is 12.3. The van der Waals surface area contributed by atoms with Gasteiger partial charge in [-0.25, -0.2) is 0 Å². The SMILES string of the molecule is O=C(O)[C@@H]1CN(C(=O)Cc2ccc(Br)s2)C[C@@H]1c1ccccc1. The Morgan fingerprint density at radius 2 is 1.91 bits per heavy atom. The van der Waals surface area contributed by atoms with E-state index in [9.17, 15) is 14.7 Å². The molecule has 1 fully saturated rings. The van der Waals surface area contributed by atoms with E-state index in [-0.39, 0.29) is 18.4 Å². The predicted octanol–water partition coefficient (Wildman–Crippen LogP) is 3.38. The van der Waals surface area contributed by atoms with E-state index in [0.29, 0.717) is 13.0 Å². The number of carbonyl (C=O) groups excluding carboxylic acids is 1. The van der Waals surface area contributed by atoms with E-state index in [1.807, 2.05) is 42.5 Å². The Hall–Kier alpha value is -1.66. The van der Waals surface area contributed by atoms with Crippen molar-refractivity contribution in [3.05, 3.63) is 56.7 Å². The van der Waals surface area contributed by atoms with Gasteiger partial charge in [0.05, 0.1) is 16.1 Å². The van der Waals surface area contributed by atoms with Crippen molar-refractivity contribution in [2.45, 2.75) is 12.3 Å². The molecule has 0 radical (unpaired) electrons. The third-order valence-corrected chi connectivity index (χ3v) is 5.80. The highest BCUT2D eigenvalue weighted by Crippen LogP contribution is 2.33. The van der Waals surface area contributed by atoms with Crippen molar-refractivity contribution < 1.29 is 14.7 Å². The summed E-state index contributed by atoms with van der Waals surface area (Å²) in [6.45, 7) is 0.743. The number of benzene rings is 1. The van der Waals surface area contributed by atoms with Crippen LogP contribution in [0.1, 0.15) is 16.4 Å². The molecule has 2 aromatic rings. The molecule has 1 aromatic carbocycles.